The minimum atomic E-state index is -0.337. The predicted molar refractivity (Wildman–Crippen MR) is 60.2 cm³/mol. The average Bonchev–Trinajstić information content (AvgIpc) is 2.02. The summed E-state index contributed by atoms with van der Waals surface area (Å²) in [5, 5.41) is 9.95. The van der Waals surface area contributed by atoms with Gasteiger partial charge in [-0.25, -0.2) is 0 Å². The van der Waals surface area contributed by atoms with Crippen molar-refractivity contribution in [3.8, 4) is 0 Å². The van der Waals surface area contributed by atoms with E-state index in [-0.39, 0.29) is 11.5 Å². The van der Waals surface area contributed by atoms with E-state index in [1.54, 1.807) is 0 Å². The van der Waals surface area contributed by atoms with Crippen LogP contribution >= 0.6 is 0 Å². The van der Waals surface area contributed by atoms with Crippen molar-refractivity contribution in [1.29, 1.82) is 0 Å². The lowest BCUT2D eigenvalue weighted by atomic mass is 9.87. The molecule has 0 unspecified atom stereocenters. The third-order valence-corrected chi connectivity index (χ3v) is 2.27. The fourth-order valence-electron chi connectivity index (χ4n) is 1.49. The largest absolute Gasteiger partial charge is 0.388 e. The van der Waals surface area contributed by atoms with Crippen LogP contribution in [0.3, 0.4) is 0 Å². The molecule has 0 amide bonds. The van der Waals surface area contributed by atoms with Crippen molar-refractivity contribution in [2.75, 3.05) is 0 Å². The fraction of sp³-hybridized carbons (Fsp3) is 0.538. The zero-order valence-electron chi connectivity index (χ0n) is 9.54. The topological polar surface area (TPSA) is 20.2 Å². The maximum atomic E-state index is 9.95. The van der Waals surface area contributed by atoms with Crippen molar-refractivity contribution in [3.05, 3.63) is 35.4 Å². The van der Waals surface area contributed by atoms with E-state index in [9.17, 15) is 5.11 Å². The number of aliphatic hydroxyl groups is 1. The van der Waals surface area contributed by atoms with E-state index in [2.05, 4.69) is 27.7 Å². The Morgan fingerprint density at radius 3 is 2.07 bits per heavy atom. The molecule has 0 fully saturated rings. The van der Waals surface area contributed by atoms with Crippen molar-refractivity contribution < 1.29 is 5.11 Å². The lowest BCUT2D eigenvalue weighted by Crippen LogP contribution is -2.11. The highest BCUT2D eigenvalue weighted by Crippen LogP contribution is 2.29. The van der Waals surface area contributed by atoms with Gasteiger partial charge in [0, 0.05) is 0 Å². The van der Waals surface area contributed by atoms with Gasteiger partial charge in [0.05, 0.1) is 6.10 Å². The molecule has 0 bridgehead atoms. The van der Waals surface area contributed by atoms with E-state index in [0.29, 0.717) is 0 Å². The van der Waals surface area contributed by atoms with Crippen molar-refractivity contribution >= 4 is 0 Å². The Kier molecular flexibility index (Phi) is 3.33. The highest BCUT2D eigenvalue weighted by molar-refractivity contribution is 5.23. The van der Waals surface area contributed by atoms with E-state index in [0.717, 1.165) is 12.0 Å². The van der Waals surface area contributed by atoms with Crippen LogP contribution in [0.25, 0.3) is 0 Å². The Bertz CT molecular complexity index is 279. The Hall–Kier alpha value is -0.820. The second-order valence-corrected chi connectivity index (χ2v) is 5.19. The molecule has 1 nitrogen and oxygen atoms in total. The summed E-state index contributed by atoms with van der Waals surface area (Å²) in [7, 11) is 0. The van der Waals surface area contributed by atoms with Gasteiger partial charge in [0.2, 0.25) is 0 Å². The second kappa shape index (κ2) is 4.14. The smallest absolute Gasteiger partial charge is 0.0795 e. The highest BCUT2D eigenvalue weighted by Gasteiger charge is 2.17. The molecule has 0 saturated carbocycles. The van der Waals surface area contributed by atoms with Gasteiger partial charge in [0.25, 0.3) is 0 Å². The third kappa shape index (κ3) is 3.51. The number of aryl methyl sites for hydroxylation is 1. The lowest BCUT2D eigenvalue weighted by Gasteiger charge is -2.22. The first-order valence-corrected chi connectivity index (χ1v) is 5.13. The summed E-state index contributed by atoms with van der Waals surface area (Å²) in [6.45, 7) is 8.49. The molecule has 1 heteroatoms. The van der Waals surface area contributed by atoms with E-state index >= 15 is 0 Å². The molecule has 0 spiro atoms. The number of hydrogen-bond acceptors (Lipinski definition) is 1. The fourth-order valence-corrected chi connectivity index (χ4v) is 1.49. The molecule has 0 aliphatic rings. The van der Waals surface area contributed by atoms with Gasteiger partial charge in [-0.2, -0.15) is 0 Å². The Morgan fingerprint density at radius 1 is 1.14 bits per heavy atom. The first-order chi connectivity index (χ1) is 6.38. The van der Waals surface area contributed by atoms with Gasteiger partial charge in [0.15, 0.2) is 0 Å². The molecule has 0 aliphatic carbocycles. The number of hydrogen-bond donors (Lipinski definition) is 1. The predicted octanol–water partition coefficient (Wildman–Crippen LogP) is 3.46. The Morgan fingerprint density at radius 2 is 1.64 bits per heavy atom. The summed E-state index contributed by atoms with van der Waals surface area (Å²) >= 11 is 0. The number of aliphatic hydroxyl groups excluding tert-OH is 1. The zero-order chi connectivity index (χ0) is 10.8. The quantitative estimate of drug-likeness (QED) is 0.760. The van der Waals surface area contributed by atoms with E-state index in [1.165, 1.54) is 5.56 Å². The van der Waals surface area contributed by atoms with Crippen LogP contribution in [0.4, 0.5) is 0 Å². The molecule has 1 N–H and O–H groups in total. The van der Waals surface area contributed by atoms with Crippen molar-refractivity contribution in [3.63, 3.8) is 0 Å². The van der Waals surface area contributed by atoms with Gasteiger partial charge in [-0.15, -0.1) is 0 Å². The molecule has 0 heterocycles. The Labute approximate surface area is 86.8 Å². The number of rotatable bonds is 2. The molecular weight excluding hydrogens is 172 g/mol. The maximum absolute atomic E-state index is 9.95. The average molecular weight is 192 g/mol. The summed E-state index contributed by atoms with van der Waals surface area (Å²) in [4.78, 5) is 0. The molecule has 0 radical (unpaired) electrons. The van der Waals surface area contributed by atoms with Crippen LogP contribution in [0.15, 0.2) is 24.3 Å². The van der Waals surface area contributed by atoms with Gasteiger partial charge < -0.3 is 5.11 Å². The minimum Gasteiger partial charge on any atom is -0.388 e. The van der Waals surface area contributed by atoms with Gasteiger partial charge in [0.1, 0.15) is 0 Å². The highest BCUT2D eigenvalue weighted by atomic mass is 16.3. The molecule has 1 rings (SSSR count). The van der Waals surface area contributed by atoms with Crippen molar-refractivity contribution in [2.24, 2.45) is 5.41 Å². The summed E-state index contributed by atoms with van der Waals surface area (Å²) in [5.41, 5.74) is 2.42. The Balaban J connectivity index is 2.70. The molecular formula is C13H20O. The summed E-state index contributed by atoms with van der Waals surface area (Å²) in [5.74, 6) is 0. The van der Waals surface area contributed by atoms with Gasteiger partial charge in [-0.05, 0) is 24.3 Å². The first-order valence-electron chi connectivity index (χ1n) is 5.13. The zero-order valence-corrected chi connectivity index (χ0v) is 9.54. The van der Waals surface area contributed by atoms with Crippen LogP contribution < -0.4 is 0 Å². The van der Waals surface area contributed by atoms with Crippen LogP contribution in [0.5, 0.6) is 0 Å². The van der Waals surface area contributed by atoms with Crippen LogP contribution in [0, 0.1) is 12.3 Å². The van der Waals surface area contributed by atoms with E-state index in [1.807, 2.05) is 24.3 Å². The molecule has 1 aromatic carbocycles. The monoisotopic (exact) mass is 192 g/mol. The van der Waals surface area contributed by atoms with E-state index in [4.69, 9.17) is 0 Å². The van der Waals surface area contributed by atoms with Crippen molar-refractivity contribution in [2.45, 2.75) is 40.2 Å². The summed E-state index contributed by atoms with van der Waals surface area (Å²) in [6, 6.07) is 8.10. The molecule has 0 aliphatic heterocycles. The standard InChI is InChI=1S/C13H20O/c1-10-5-7-11(8-6-10)12(14)9-13(2,3)4/h5-8,12,14H,9H2,1-4H3/t12-/m1/s1. The minimum absolute atomic E-state index is 0.171. The molecule has 0 aromatic heterocycles. The SMILES string of the molecule is Cc1ccc([C@H](O)CC(C)(C)C)cc1. The van der Waals surface area contributed by atoms with Crippen molar-refractivity contribution in [1.82, 2.24) is 0 Å². The van der Waals surface area contributed by atoms with E-state index < -0.39 is 0 Å². The molecule has 1 aromatic rings. The number of benzene rings is 1. The van der Waals surface area contributed by atoms with Crippen LogP contribution in [0.2, 0.25) is 0 Å². The van der Waals surface area contributed by atoms with Crippen LogP contribution in [-0.4, -0.2) is 5.11 Å². The lowest BCUT2D eigenvalue weighted by molar-refractivity contribution is 0.122. The first kappa shape index (κ1) is 11.3. The molecule has 1 atom stereocenters. The normalized spacial score (nSPS) is 14.1. The second-order valence-electron chi connectivity index (χ2n) is 5.19. The summed E-state index contributed by atoms with van der Waals surface area (Å²) < 4.78 is 0. The van der Waals surface area contributed by atoms with Crippen LogP contribution in [0.1, 0.15) is 44.4 Å². The van der Waals surface area contributed by atoms with Gasteiger partial charge in [-0.3, -0.25) is 0 Å². The molecule has 78 valence electrons. The maximum Gasteiger partial charge on any atom is 0.0795 e. The third-order valence-electron chi connectivity index (χ3n) is 2.27. The van der Waals surface area contributed by atoms with Gasteiger partial charge >= 0.3 is 0 Å². The molecule has 14 heavy (non-hydrogen) atoms. The summed E-state index contributed by atoms with van der Waals surface area (Å²) in [6.07, 6.45) is 0.464. The van der Waals surface area contributed by atoms with Gasteiger partial charge in [-0.1, -0.05) is 50.6 Å². The van der Waals surface area contributed by atoms with Crippen LogP contribution in [-0.2, 0) is 0 Å². The molecule has 0 saturated heterocycles.